The number of benzene rings is 1. The lowest BCUT2D eigenvalue weighted by Gasteiger charge is -2.31. The van der Waals surface area contributed by atoms with Crippen molar-refractivity contribution in [2.24, 2.45) is 10.9 Å². The number of furan rings is 1. The summed E-state index contributed by atoms with van der Waals surface area (Å²) < 4.78 is 67.3. The fraction of sp³-hybridized carbons (Fsp3) is 0.526. The number of halogens is 4. The number of nitrogens with zero attached hydrogens (tertiary/aromatic N) is 2. The molecule has 0 atom stereocenters. The number of alkyl halides is 3. The van der Waals surface area contributed by atoms with Gasteiger partial charge in [-0.15, -0.1) is 24.0 Å². The van der Waals surface area contributed by atoms with Gasteiger partial charge in [0.2, 0.25) is 0 Å². The molecule has 3 rings (SSSR count). The van der Waals surface area contributed by atoms with E-state index in [9.17, 15) is 21.6 Å². The molecule has 7 nitrogen and oxygen atoms in total. The first-order valence-electron chi connectivity index (χ1n) is 9.76. The van der Waals surface area contributed by atoms with Crippen LogP contribution in [0.3, 0.4) is 0 Å². The SMILES string of the molecule is CCNC(=NCc1cc2ccccc2o1)NCC1CCN(S(=O)(=O)C(F)(F)F)CC1.I. The smallest absolute Gasteiger partial charge is 0.459 e. The number of piperidine rings is 1. The van der Waals surface area contributed by atoms with E-state index in [0.29, 0.717) is 42.7 Å². The summed E-state index contributed by atoms with van der Waals surface area (Å²) in [6, 6.07) is 9.61. The molecular formula is C19H26F3IN4O3S. The van der Waals surface area contributed by atoms with Gasteiger partial charge in [0.15, 0.2) is 5.96 Å². The molecule has 1 saturated heterocycles. The van der Waals surface area contributed by atoms with Crippen molar-refractivity contribution in [1.29, 1.82) is 0 Å². The largest absolute Gasteiger partial charge is 0.511 e. The van der Waals surface area contributed by atoms with E-state index in [2.05, 4.69) is 15.6 Å². The number of para-hydroxylation sites is 1. The molecule has 0 spiro atoms. The Kier molecular flexibility index (Phi) is 9.01. The summed E-state index contributed by atoms with van der Waals surface area (Å²) in [5, 5.41) is 7.31. The molecule has 1 aliphatic rings. The number of hydrogen-bond donors (Lipinski definition) is 2. The first-order valence-corrected chi connectivity index (χ1v) is 11.2. The molecule has 1 aromatic heterocycles. The van der Waals surface area contributed by atoms with E-state index in [1.807, 2.05) is 37.3 Å². The normalized spacial score (nSPS) is 16.8. The van der Waals surface area contributed by atoms with E-state index in [-0.39, 0.29) is 43.0 Å². The van der Waals surface area contributed by atoms with Gasteiger partial charge in [0.05, 0.1) is 0 Å². The fourth-order valence-electron chi connectivity index (χ4n) is 3.35. The molecule has 2 N–H and O–H groups in total. The molecule has 12 heteroatoms. The predicted molar refractivity (Wildman–Crippen MR) is 124 cm³/mol. The molecule has 1 aliphatic heterocycles. The maximum atomic E-state index is 12.7. The minimum absolute atomic E-state index is 0. The van der Waals surface area contributed by atoms with Gasteiger partial charge < -0.3 is 15.1 Å². The molecule has 0 radical (unpaired) electrons. The molecular weight excluding hydrogens is 548 g/mol. The van der Waals surface area contributed by atoms with Crippen LogP contribution in [0.2, 0.25) is 0 Å². The Balaban J connectivity index is 0.00000341. The van der Waals surface area contributed by atoms with Crippen molar-refractivity contribution in [3.63, 3.8) is 0 Å². The number of rotatable bonds is 6. The second-order valence-corrected chi connectivity index (χ2v) is 9.05. The highest BCUT2D eigenvalue weighted by Crippen LogP contribution is 2.30. The Morgan fingerprint density at radius 2 is 1.90 bits per heavy atom. The summed E-state index contributed by atoms with van der Waals surface area (Å²) in [6.45, 7) is 3.13. The zero-order valence-electron chi connectivity index (χ0n) is 17.0. The minimum atomic E-state index is -5.25. The van der Waals surface area contributed by atoms with Crippen LogP contribution >= 0.6 is 24.0 Å². The van der Waals surface area contributed by atoms with Crippen LogP contribution in [0.25, 0.3) is 11.0 Å². The lowest BCUT2D eigenvalue weighted by molar-refractivity contribution is -0.0496. The van der Waals surface area contributed by atoms with Gasteiger partial charge in [-0.1, -0.05) is 18.2 Å². The molecule has 0 amide bonds. The number of nitrogens with one attached hydrogen (secondary N) is 2. The molecule has 2 aromatic rings. The molecule has 0 bridgehead atoms. The summed E-state index contributed by atoms with van der Waals surface area (Å²) in [5.41, 5.74) is -4.46. The van der Waals surface area contributed by atoms with E-state index < -0.39 is 15.5 Å². The Hall–Kier alpha value is -1.54. The van der Waals surface area contributed by atoms with Gasteiger partial charge in [-0.2, -0.15) is 17.5 Å². The second-order valence-electron chi connectivity index (χ2n) is 7.12. The van der Waals surface area contributed by atoms with Gasteiger partial charge in [0, 0.05) is 31.6 Å². The van der Waals surface area contributed by atoms with Gasteiger partial charge in [0.25, 0.3) is 0 Å². The Bertz CT molecular complexity index is 954. The van der Waals surface area contributed by atoms with Crippen molar-refractivity contribution >= 4 is 50.9 Å². The Morgan fingerprint density at radius 1 is 1.23 bits per heavy atom. The molecule has 2 heterocycles. The lowest BCUT2D eigenvalue weighted by Crippen LogP contribution is -2.47. The third kappa shape index (κ3) is 6.48. The summed E-state index contributed by atoms with van der Waals surface area (Å²) in [4.78, 5) is 4.50. The van der Waals surface area contributed by atoms with Gasteiger partial charge in [-0.3, -0.25) is 0 Å². The van der Waals surface area contributed by atoms with Crippen molar-refractivity contribution in [2.45, 2.75) is 31.8 Å². The summed E-state index contributed by atoms with van der Waals surface area (Å²) in [6.07, 6.45) is 0.705. The summed E-state index contributed by atoms with van der Waals surface area (Å²) in [5.74, 6) is 1.35. The molecule has 174 valence electrons. The molecule has 0 aliphatic carbocycles. The quantitative estimate of drug-likeness (QED) is 0.313. The highest BCUT2D eigenvalue weighted by molar-refractivity contribution is 14.0. The Morgan fingerprint density at radius 3 is 2.52 bits per heavy atom. The highest BCUT2D eigenvalue weighted by Gasteiger charge is 2.50. The molecule has 31 heavy (non-hydrogen) atoms. The van der Waals surface area contributed by atoms with Crippen molar-refractivity contribution in [1.82, 2.24) is 14.9 Å². The van der Waals surface area contributed by atoms with Gasteiger partial charge >= 0.3 is 15.5 Å². The second kappa shape index (κ2) is 10.9. The third-order valence-electron chi connectivity index (χ3n) is 4.98. The van der Waals surface area contributed by atoms with Crippen LogP contribution in [0.15, 0.2) is 39.7 Å². The first-order chi connectivity index (χ1) is 14.2. The van der Waals surface area contributed by atoms with E-state index in [0.717, 1.165) is 16.7 Å². The third-order valence-corrected chi connectivity index (χ3v) is 6.61. The number of hydrogen-bond acceptors (Lipinski definition) is 4. The van der Waals surface area contributed by atoms with Crippen molar-refractivity contribution in [2.75, 3.05) is 26.2 Å². The summed E-state index contributed by atoms with van der Waals surface area (Å²) in [7, 11) is -5.25. The van der Waals surface area contributed by atoms with Crippen LogP contribution < -0.4 is 10.6 Å². The fourth-order valence-corrected chi connectivity index (χ4v) is 4.34. The average molecular weight is 574 g/mol. The van der Waals surface area contributed by atoms with Gasteiger partial charge in [-0.25, -0.2) is 13.4 Å². The average Bonchev–Trinajstić information content (AvgIpc) is 3.12. The van der Waals surface area contributed by atoms with Crippen LogP contribution in [-0.2, 0) is 16.6 Å². The topological polar surface area (TPSA) is 86.9 Å². The van der Waals surface area contributed by atoms with Crippen LogP contribution in [0.1, 0.15) is 25.5 Å². The first kappa shape index (κ1) is 25.7. The van der Waals surface area contributed by atoms with E-state index >= 15 is 0 Å². The number of guanidine groups is 1. The van der Waals surface area contributed by atoms with E-state index in [4.69, 9.17) is 4.42 Å². The van der Waals surface area contributed by atoms with E-state index in [1.165, 1.54) is 0 Å². The maximum absolute atomic E-state index is 12.7. The summed E-state index contributed by atoms with van der Waals surface area (Å²) >= 11 is 0. The number of sulfonamides is 1. The van der Waals surface area contributed by atoms with Gasteiger partial charge in [-0.05, 0) is 37.8 Å². The Labute approximate surface area is 196 Å². The highest BCUT2D eigenvalue weighted by atomic mass is 127. The predicted octanol–water partition coefficient (Wildman–Crippen LogP) is 3.67. The lowest BCUT2D eigenvalue weighted by atomic mass is 9.98. The van der Waals surface area contributed by atoms with Crippen LogP contribution in [0.5, 0.6) is 0 Å². The van der Waals surface area contributed by atoms with Crippen molar-refractivity contribution in [3.05, 3.63) is 36.1 Å². The zero-order valence-corrected chi connectivity index (χ0v) is 20.1. The van der Waals surface area contributed by atoms with Crippen LogP contribution in [0, 0.1) is 5.92 Å². The minimum Gasteiger partial charge on any atom is -0.459 e. The molecule has 0 unspecified atom stereocenters. The van der Waals surface area contributed by atoms with Crippen LogP contribution in [-0.4, -0.2) is 50.4 Å². The molecule has 1 aromatic carbocycles. The standard InChI is InChI=1S/C19H25F3N4O3S.HI/c1-2-23-18(25-13-16-11-15-5-3-4-6-17(15)29-16)24-12-14-7-9-26(10-8-14)30(27,28)19(20,21)22;/h3-6,11,14H,2,7-10,12-13H2,1H3,(H2,23,24,25);1H. The maximum Gasteiger partial charge on any atom is 0.511 e. The number of fused-ring (bicyclic) bond motifs is 1. The van der Waals surface area contributed by atoms with Crippen molar-refractivity contribution < 1.29 is 26.0 Å². The van der Waals surface area contributed by atoms with Gasteiger partial charge in [0.1, 0.15) is 17.9 Å². The number of aliphatic imine (C=N–C) groups is 1. The van der Waals surface area contributed by atoms with E-state index in [1.54, 1.807) is 0 Å². The zero-order chi connectivity index (χ0) is 21.8. The molecule has 1 fully saturated rings. The molecule has 0 saturated carbocycles. The van der Waals surface area contributed by atoms with Crippen LogP contribution in [0.4, 0.5) is 13.2 Å². The van der Waals surface area contributed by atoms with Crippen molar-refractivity contribution in [3.8, 4) is 0 Å². The monoisotopic (exact) mass is 574 g/mol.